The standard InChI is InChI=1S/C10H13NO5/c1-14-8-4-6(10(12)13)3-7(5-16-11)9(8)15-2/h3-4H,5,11H2,1-2H3,(H,12,13). The highest BCUT2D eigenvalue weighted by Crippen LogP contribution is 2.32. The second-order valence-corrected chi connectivity index (χ2v) is 2.99. The zero-order valence-corrected chi connectivity index (χ0v) is 9.02. The molecule has 0 aliphatic rings. The van der Waals surface area contributed by atoms with Crippen molar-refractivity contribution >= 4 is 5.97 Å². The van der Waals surface area contributed by atoms with Crippen molar-refractivity contribution in [3.63, 3.8) is 0 Å². The third kappa shape index (κ3) is 2.41. The van der Waals surface area contributed by atoms with Gasteiger partial charge in [0.25, 0.3) is 0 Å². The van der Waals surface area contributed by atoms with Crippen LogP contribution in [-0.4, -0.2) is 25.3 Å². The number of carboxylic acids is 1. The highest BCUT2D eigenvalue weighted by atomic mass is 16.6. The first kappa shape index (κ1) is 12.3. The second kappa shape index (κ2) is 5.34. The van der Waals surface area contributed by atoms with Gasteiger partial charge in [0.05, 0.1) is 26.4 Å². The Morgan fingerprint density at radius 2 is 2.06 bits per heavy atom. The zero-order valence-electron chi connectivity index (χ0n) is 9.02. The maximum absolute atomic E-state index is 10.9. The number of ether oxygens (including phenoxy) is 2. The monoisotopic (exact) mass is 227 g/mol. The molecule has 0 heterocycles. The number of benzene rings is 1. The summed E-state index contributed by atoms with van der Waals surface area (Å²) in [5, 5.41) is 8.89. The number of hydrogen-bond donors (Lipinski definition) is 2. The van der Waals surface area contributed by atoms with Crippen molar-refractivity contribution in [2.24, 2.45) is 5.90 Å². The van der Waals surface area contributed by atoms with E-state index in [1.165, 1.54) is 26.4 Å². The molecule has 0 aliphatic heterocycles. The van der Waals surface area contributed by atoms with E-state index in [-0.39, 0.29) is 12.2 Å². The average molecular weight is 227 g/mol. The molecule has 6 nitrogen and oxygen atoms in total. The summed E-state index contributed by atoms with van der Waals surface area (Å²) in [5.41, 5.74) is 0.603. The van der Waals surface area contributed by atoms with Gasteiger partial charge in [-0.05, 0) is 12.1 Å². The molecular formula is C10H13NO5. The number of aromatic carboxylic acids is 1. The highest BCUT2D eigenvalue weighted by Gasteiger charge is 2.15. The van der Waals surface area contributed by atoms with Crippen molar-refractivity contribution in [3.05, 3.63) is 23.3 Å². The van der Waals surface area contributed by atoms with Gasteiger partial charge in [-0.2, -0.15) is 0 Å². The summed E-state index contributed by atoms with van der Waals surface area (Å²) in [6, 6.07) is 2.80. The molecule has 88 valence electrons. The van der Waals surface area contributed by atoms with Crippen molar-refractivity contribution in [1.82, 2.24) is 0 Å². The van der Waals surface area contributed by atoms with Crippen LogP contribution in [0.3, 0.4) is 0 Å². The van der Waals surface area contributed by atoms with Gasteiger partial charge in [0.15, 0.2) is 11.5 Å². The molecule has 1 aromatic rings. The Morgan fingerprint density at radius 3 is 2.50 bits per heavy atom. The fourth-order valence-electron chi connectivity index (χ4n) is 1.36. The van der Waals surface area contributed by atoms with Gasteiger partial charge in [-0.15, -0.1) is 0 Å². The van der Waals surface area contributed by atoms with Crippen LogP contribution in [0.1, 0.15) is 15.9 Å². The van der Waals surface area contributed by atoms with Crippen LogP contribution in [0, 0.1) is 0 Å². The average Bonchev–Trinajstić information content (AvgIpc) is 2.28. The van der Waals surface area contributed by atoms with Crippen LogP contribution in [0.25, 0.3) is 0 Å². The summed E-state index contributed by atoms with van der Waals surface area (Å²) >= 11 is 0. The minimum Gasteiger partial charge on any atom is -0.493 e. The number of carbonyl (C=O) groups is 1. The molecule has 0 atom stereocenters. The molecule has 0 saturated carbocycles. The van der Waals surface area contributed by atoms with Crippen molar-refractivity contribution in [3.8, 4) is 11.5 Å². The molecule has 0 bridgehead atoms. The van der Waals surface area contributed by atoms with Crippen molar-refractivity contribution in [2.75, 3.05) is 14.2 Å². The van der Waals surface area contributed by atoms with Crippen LogP contribution < -0.4 is 15.4 Å². The zero-order chi connectivity index (χ0) is 12.1. The fraction of sp³-hybridized carbons (Fsp3) is 0.300. The summed E-state index contributed by atoms with van der Waals surface area (Å²) in [4.78, 5) is 15.3. The number of hydrogen-bond acceptors (Lipinski definition) is 5. The Hall–Kier alpha value is -1.79. The van der Waals surface area contributed by atoms with E-state index in [1.807, 2.05) is 0 Å². The van der Waals surface area contributed by atoms with Gasteiger partial charge in [0, 0.05) is 5.56 Å². The van der Waals surface area contributed by atoms with E-state index in [4.69, 9.17) is 20.5 Å². The molecule has 1 rings (SSSR count). The first-order valence-corrected chi connectivity index (χ1v) is 4.44. The SMILES string of the molecule is COc1cc(C(=O)O)cc(CON)c1OC. The molecule has 3 N–H and O–H groups in total. The van der Waals surface area contributed by atoms with Crippen molar-refractivity contribution in [1.29, 1.82) is 0 Å². The smallest absolute Gasteiger partial charge is 0.335 e. The first-order chi connectivity index (χ1) is 7.63. The van der Waals surface area contributed by atoms with E-state index >= 15 is 0 Å². The molecule has 1 aromatic carbocycles. The number of methoxy groups -OCH3 is 2. The molecule has 0 unspecified atom stereocenters. The molecule has 16 heavy (non-hydrogen) atoms. The molecule has 0 spiro atoms. The lowest BCUT2D eigenvalue weighted by atomic mass is 10.1. The van der Waals surface area contributed by atoms with Gasteiger partial charge in [-0.3, -0.25) is 4.84 Å². The Labute approximate surface area is 92.5 Å². The first-order valence-electron chi connectivity index (χ1n) is 4.44. The number of nitrogens with two attached hydrogens (primary N) is 1. The maximum atomic E-state index is 10.9. The summed E-state index contributed by atoms with van der Waals surface area (Å²) in [6.45, 7) is 0.0423. The van der Waals surface area contributed by atoms with Crippen LogP contribution in [-0.2, 0) is 11.4 Å². The topological polar surface area (TPSA) is 91.0 Å². The summed E-state index contributed by atoms with van der Waals surface area (Å²) in [6.07, 6.45) is 0. The molecule has 0 aliphatic carbocycles. The van der Waals surface area contributed by atoms with Crippen LogP contribution in [0.5, 0.6) is 11.5 Å². The number of rotatable bonds is 5. The van der Waals surface area contributed by atoms with E-state index in [9.17, 15) is 4.79 Å². The third-order valence-electron chi connectivity index (χ3n) is 2.04. The Balaban J connectivity index is 3.31. The van der Waals surface area contributed by atoms with E-state index in [0.717, 1.165) is 0 Å². The highest BCUT2D eigenvalue weighted by molar-refractivity contribution is 5.89. The normalized spacial score (nSPS) is 9.94. The van der Waals surface area contributed by atoms with Crippen LogP contribution in [0.15, 0.2) is 12.1 Å². The second-order valence-electron chi connectivity index (χ2n) is 2.99. The van der Waals surface area contributed by atoms with Gasteiger partial charge < -0.3 is 14.6 Å². The van der Waals surface area contributed by atoms with E-state index < -0.39 is 5.97 Å². The van der Waals surface area contributed by atoms with E-state index in [0.29, 0.717) is 17.1 Å². The Kier molecular flexibility index (Phi) is 4.10. The van der Waals surface area contributed by atoms with Crippen LogP contribution >= 0.6 is 0 Å². The van der Waals surface area contributed by atoms with E-state index in [1.54, 1.807) is 0 Å². The molecule has 0 radical (unpaired) electrons. The van der Waals surface area contributed by atoms with Crippen LogP contribution in [0.2, 0.25) is 0 Å². The van der Waals surface area contributed by atoms with Crippen molar-refractivity contribution < 1.29 is 24.2 Å². The lowest BCUT2D eigenvalue weighted by molar-refractivity contribution is 0.0695. The summed E-state index contributed by atoms with van der Waals surface area (Å²) in [7, 11) is 2.88. The fourth-order valence-corrected chi connectivity index (χ4v) is 1.36. The third-order valence-corrected chi connectivity index (χ3v) is 2.04. The minimum atomic E-state index is -1.06. The van der Waals surface area contributed by atoms with Gasteiger partial charge >= 0.3 is 5.97 Å². The van der Waals surface area contributed by atoms with E-state index in [2.05, 4.69) is 4.84 Å². The Bertz CT molecular complexity index is 391. The molecule has 0 amide bonds. The lowest BCUT2D eigenvalue weighted by Crippen LogP contribution is -2.06. The maximum Gasteiger partial charge on any atom is 0.335 e. The summed E-state index contributed by atoms with van der Waals surface area (Å²) < 4.78 is 10.1. The lowest BCUT2D eigenvalue weighted by Gasteiger charge is -2.13. The predicted molar refractivity (Wildman–Crippen MR) is 55.5 cm³/mol. The van der Waals surface area contributed by atoms with Gasteiger partial charge in [-0.1, -0.05) is 0 Å². The van der Waals surface area contributed by atoms with Gasteiger partial charge in [0.2, 0.25) is 0 Å². The minimum absolute atomic E-state index is 0.0423. The van der Waals surface area contributed by atoms with Crippen molar-refractivity contribution in [2.45, 2.75) is 6.61 Å². The van der Waals surface area contributed by atoms with Gasteiger partial charge in [-0.25, -0.2) is 10.7 Å². The quantitative estimate of drug-likeness (QED) is 0.723. The summed E-state index contributed by atoms with van der Waals surface area (Å²) in [5.74, 6) is 4.64. The molecule has 0 saturated heterocycles. The largest absolute Gasteiger partial charge is 0.493 e. The Morgan fingerprint density at radius 1 is 1.38 bits per heavy atom. The molecule has 0 aromatic heterocycles. The molecular weight excluding hydrogens is 214 g/mol. The van der Waals surface area contributed by atoms with Crippen LogP contribution in [0.4, 0.5) is 0 Å². The molecule has 6 heteroatoms. The predicted octanol–water partition coefficient (Wildman–Crippen LogP) is 0.792. The number of carboxylic acid groups (broad SMARTS) is 1. The van der Waals surface area contributed by atoms with Gasteiger partial charge in [0.1, 0.15) is 0 Å². The molecule has 0 fully saturated rings.